The Bertz CT molecular complexity index is 1670. The van der Waals surface area contributed by atoms with Crippen LogP contribution in [0.15, 0.2) is 84.9 Å². The summed E-state index contributed by atoms with van der Waals surface area (Å²) in [6, 6.07) is 23.3. The maximum absolute atomic E-state index is 14.1. The molecule has 0 radical (unpaired) electrons. The third-order valence-electron chi connectivity index (χ3n) is 8.72. The quantitative estimate of drug-likeness (QED) is 0.0933. The first-order chi connectivity index (χ1) is 25.1. The van der Waals surface area contributed by atoms with Crippen LogP contribution in [0.25, 0.3) is 0 Å². The van der Waals surface area contributed by atoms with Gasteiger partial charge in [-0.2, -0.15) is 86.4 Å². The molecule has 0 spiro atoms. The Morgan fingerprint density at radius 1 is 0.473 bits per heavy atom. The van der Waals surface area contributed by atoms with Gasteiger partial charge in [-0.05, 0) is 53.0 Å². The molecular weight excluding hydrogens is 807 g/mol. The molecule has 20 heteroatoms. The summed E-state index contributed by atoms with van der Waals surface area (Å²) in [5.41, 5.74) is 0.102. The normalized spacial score (nSPS) is 15.8. The Kier molecular flexibility index (Phi) is 13.7. The van der Waals surface area contributed by atoms with E-state index in [0.717, 1.165) is 5.56 Å². The molecule has 2 nitrogen and oxygen atoms in total. The zero-order valence-electron chi connectivity index (χ0n) is 27.8. The first kappa shape index (κ1) is 46.1. The Morgan fingerprint density at radius 3 is 1.40 bits per heavy atom. The van der Waals surface area contributed by atoms with E-state index >= 15 is 0 Å². The molecule has 0 aliphatic carbocycles. The molecule has 2 N–H and O–H groups in total. The van der Waals surface area contributed by atoms with Crippen molar-refractivity contribution < 1.29 is 84.9 Å². The third-order valence-corrected chi connectivity index (χ3v) is 9.79. The second-order valence-corrected chi connectivity index (χ2v) is 13.7. The molecule has 3 aromatic rings. The number of unbranched alkanes of at least 4 members (excludes halogenated alkanes) is 2. The van der Waals surface area contributed by atoms with E-state index in [1.807, 2.05) is 0 Å². The summed E-state index contributed by atoms with van der Waals surface area (Å²) >= 11 is 0.390. The lowest BCUT2D eigenvalue weighted by Crippen LogP contribution is -2.74. The first-order valence-electron chi connectivity index (χ1n) is 15.9. The summed E-state index contributed by atoms with van der Waals surface area (Å²) in [4.78, 5) is 0. The van der Waals surface area contributed by atoms with Gasteiger partial charge >= 0.3 is 47.6 Å². The average Bonchev–Trinajstić information content (AvgIpc) is 3.12. The molecule has 2 atom stereocenters. The van der Waals surface area contributed by atoms with Crippen molar-refractivity contribution >= 4 is 11.8 Å². The lowest BCUT2D eigenvalue weighted by Gasteiger charge is -2.42. The second-order valence-electron chi connectivity index (χ2n) is 12.5. The van der Waals surface area contributed by atoms with Crippen molar-refractivity contribution in [2.45, 2.75) is 91.4 Å². The number of halogens is 17. The molecule has 3 aromatic carbocycles. The monoisotopic (exact) mass is 838 g/mol. The van der Waals surface area contributed by atoms with Crippen molar-refractivity contribution in [3.05, 3.63) is 107 Å². The molecule has 0 aliphatic heterocycles. The van der Waals surface area contributed by atoms with Crippen LogP contribution in [0.5, 0.6) is 0 Å². The summed E-state index contributed by atoms with van der Waals surface area (Å²) in [6.07, 6.45) is -10.2. The van der Waals surface area contributed by atoms with E-state index in [-0.39, 0.29) is 12.2 Å². The van der Waals surface area contributed by atoms with Crippen LogP contribution in [0, 0.1) is 0 Å². The number of benzene rings is 3. The number of hydrogen-bond acceptors (Lipinski definition) is 3. The van der Waals surface area contributed by atoms with Gasteiger partial charge in [0.05, 0.1) is 0 Å². The van der Waals surface area contributed by atoms with Gasteiger partial charge in [0.15, 0.2) is 0 Å². The molecule has 0 heterocycles. The number of aliphatic hydroxyl groups excluding tert-OH is 1. The van der Waals surface area contributed by atoms with E-state index in [9.17, 15) is 84.9 Å². The maximum atomic E-state index is 14.1. The molecule has 308 valence electrons. The molecule has 0 amide bonds. The van der Waals surface area contributed by atoms with Crippen molar-refractivity contribution in [3.8, 4) is 0 Å². The molecule has 0 saturated heterocycles. The second kappa shape index (κ2) is 16.3. The minimum absolute atomic E-state index is 0.120. The predicted octanol–water partition coefficient (Wildman–Crippen LogP) is 11.5. The number of alkyl halides is 17. The van der Waals surface area contributed by atoms with Gasteiger partial charge in [-0.3, -0.25) is 0 Å². The van der Waals surface area contributed by atoms with Crippen LogP contribution in [0.3, 0.4) is 0 Å². The predicted molar refractivity (Wildman–Crippen MR) is 167 cm³/mol. The maximum Gasteiger partial charge on any atom is 0.460 e. The fraction of sp³-hybridized carbons (Fsp3) is 0.486. The van der Waals surface area contributed by atoms with Gasteiger partial charge < -0.3 is 10.2 Å². The Hall–Kier alpha value is -3.26. The van der Waals surface area contributed by atoms with E-state index in [0.29, 0.717) is 47.7 Å². The van der Waals surface area contributed by atoms with E-state index in [4.69, 9.17) is 0 Å². The standard InChI is InChI=1S/C35H31F17O2S/c36-27(37,29(38,39)30(40,41)31(42,43)32(44,45)33(46,47)34(48,49)35(50,51)52)19-21-55-20-9-3-4-10-22-15-17-25(18-16-22)28(54,24-13-7-2-8-14-24)26(53)23-11-5-1-6-12-23/h1-2,5-8,11-18,26,53-54H,3-4,9-10,19-21H2/t26-,28+/m1/s1. The van der Waals surface area contributed by atoms with Crippen molar-refractivity contribution in [1.29, 1.82) is 0 Å². The lowest BCUT2D eigenvalue weighted by molar-refractivity contribution is -0.461. The van der Waals surface area contributed by atoms with Crippen LogP contribution >= 0.6 is 11.8 Å². The highest BCUT2D eigenvalue weighted by atomic mass is 32.2. The minimum atomic E-state index is -8.63. The molecular formula is C35H31F17O2S. The summed E-state index contributed by atoms with van der Waals surface area (Å²) in [7, 11) is 0. The molecule has 0 unspecified atom stereocenters. The van der Waals surface area contributed by atoms with Crippen LogP contribution in [-0.2, 0) is 12.0 Å². The largest absolute Gasteiger partial charge is 0.460 e. The van der Waals surface area contributed by atoms with Crippen LogP contribution in [0.2, 0.25) is 0 Å². The van der Waals surface area contributed by atoms with E-state index in [1.54, 1.807) is 84.9 Å². The van der Waals surface area contributed by atoms with E-state index in [1.165, 1.54) is 0 Å². The van der Waals surface area contributed by atoms with Crippen molar-refractivity contribution in [2.24, 2.45) is 0 Å². The summed E-state index contributed by atoms with van der Waals surface area (Å²) in [6.45, 7) is 0. The van der Waals surface area contributed by atoms with Gasteiger partial charge in [0.1, 0.15) is 11.7 Å². The first-order valence-corrected chi connectivity index (χ1v) is 17.1. The smallest absolute Gasteiger partial charge is 0.385 e. The lowest BCUT2D eigenvalue weighted by atomic mass is 9.78. The fourth-order valence-electron chi connectivity index (χ4n) is 5.34. The molecule has 0 fully saturated rings. The van der Waals surface area contributed by atoms with Gasteiger partial charge in [-0.1, -0.05) is 91.3 Å². The van der Waals surface area contributed by atoms with Crippen LogP contribution in [0.1, 0.15) is 54.0 Å². The summed E-state index contributed by atoms with van der Waals surface area (Å²) in [5, 5.41) is 23.1. The minimum Gasteiger partial charge on any atom is -0.385 e. The number of hydrogen-bond donors (Lipinski definition) is 2. The highest BCUT2D eigenvalue weighted by molar-refractivity contribution is 7.99. The zero-order valence-corrected chi connectivity index (χ0v) is 28.7. The van der Waals surface area contributed by atoms with Crippen molar-refractivity contribution in [3.63, 3.8) is 0 Å². The molecule has 3 rings (SSSR count). The Labute approximate surface area is 306 Å². The van der Waals surface area contributed by atoms with E-state index in [2.05, 4.69) is 0 Å². The van der Waals surface area contributed by atoms with E-state index < -0.39 is 71.5 Å². The number of thioether (sulfide) groups is 1. The number of rotatable bonds is 19. The van der Waals surface area contributed by atoms with Gasteiger partial charge in [-0.15, -0.1) is 0 Å². The summed E-state index contributed by atoms with van der Waals surface area (Å²) in [5.74, 6) is -57.5. The van der Waals surface area contributed by atoms with Crippen LogP contribution in [0.4, 0.5) is 74.6 Å². The zero-order chi connectivity index (χ0) is 41.9. The molecule has 55 heavy (non-hydrogen) atoms. The Morgan fingerprint density at radius 2 is 0.909 bits per heavy atom. The highest BCUT2D eigenvalue weighted by Gasteiger charge is 2.95. The number of aryl methyl sites for hydroxylation is 1. The topological polar surface area (TPSA) is 40.5 Å². The molecule has 0 bridgehead atoms. The third kappa shape index (κ3) is 8.41. The van der Waals surface area contributed by atoms with Crippen LogP contribution < -0.4 is 0 Å². The number of aliphatic hydroxyl groups is 2. The van der Waals surface area contributed by atoms with Crippen LogP contribution in [-0.4, -0.2) is 69.4 Å². The van der Waals surface area contributed by atoms with Gasteiger partial charge in [0.25, 0.3) is 0 Å². The molecule has 0 aliphatic rings. The fourth-order valence-corrected chi connectivity index (χ4v) is 6.36. The Balaban J connectivity index is 1.56. The SMILES string of the molecule is O[C@H](c1ccccc1)[C@](O)(c1ccccc1)c1ccc(CCCCCSCCC(F)(F)C(F)(F)C(F)(F)C(F)(F)C(F)(F)C(F)(F)C(F)(F)C(F)(F)F)cc1. The average molecular weight is 839 g/mol. The van der Waals surface area contributed by atoms with Crippen molar-refractivity contribution in [2.75, 3.05) is 11.5 Å². The highest BCUT2D eigenvalue weighted by Crippen LogP contribution is 2.64. The molecule has 0 aromatic heterocycles. The van der Waals surface area contributed by atoms with Gasteiger partial charge in [-0.25, -0.2) is 0 Å². The van der Waals surface area contributed by atoms with Crippen molar-refractivity contribution in [1.82, 2.24) is 0 Å². The van der Waals surface area contributed by atoms with Gasteiger partial charge in [0.2, 0.25) is 0 Å². The summed E-state index contributed by atoms with van der Waals surface area (Å²) < 4.78 is 228. The van der Waals surface area contributed by atoms with Gasteiger partial charge in [0, 0.05) is 6.42 Å². The molecule has 0 saturated carbocycles.